The fraction of sp³-hybridized carbons (Fsp3) is 0.350. The van der Waals surface area contributed by atoms with Crippen molar-refractivity contribution >= 4 is 23.4 Å². The van der Waals surface area contributed by atoms with E-state index in [2.05, 4.69) is 5.32 Å². The highest BCUT2D eigenvalue weighted by Gasteiger charge is 2.18. The van der Waals surface area contributed by atoms with Gasteiger partial charge in [0.15, 0.2) is 0 Å². The van der Waals surface area contributed by atoms with Crippen LogP contribution in [0.4, 0.5) is 5.69 Å². The first kappa shape index (κ1) is 18.0. The van der Waals surface area contributed by atoms with Crippen LogP contribution in [0.3, 0.4) is 0 Å². The summed E-state index contributed by atoms with van der Waals surface area (Å²) in [6, 6.07) is 15.4. The molecule has 2 aromatic rings. The first-order chi connectivity index (χ1) is 12.3. The number of benzene rings is 2. The Hall–Kier alpha value is -1.82. The van der Waals surface area contributed by atoms with Gasteiger partial charge in [-0.25, -0.2) is 0 Å². The van der Waals surface area contributed by atoms with Gasteiger partial charge in [0.2, 0.25) is 0 Å². The summed E-state index contributed by atoms with van der Waals surface area (Å²) >= 11 is 1.69. The molecule has 1 heterocycles. The number of carbonyl (C=O) groups excluding carboxylic acids is 1. The second-order valence-electron chi connectivity index (χ2n) is 5.99. The van der Waals surface area contributed by atoms with Crippen molar-refractivity contribution in [2.24, 2.45) is 0 Å². The molecule has 132 valence electrons. The van der Waals surface area contributed by atoms with E-state index in [9.17, 15) is 4.79 Å². The molecule has 2 aromatic carbocycles. The van der Waals surface area contributed by atoms with E-state index < -0.39 is 0 Å². The van der Waals surface area contributed by atoms with E-state index in [1.54, 1.807) is 18.9 Å². The predicted molar refractivity (Wildman–Crippen MR) is 101 cm³/mol. The second-order valence-corrected chi connectivity index (χ2v) is 7.05. The van der Waals surface area contributed by atoms with Crippen molar-refractivity contribution in [3.05, 3.63) is 59.7 Å². The van der Waals surface area contributed by atoms with Gasteiger partial charge in [0, 0.05) is 35.6 Å². The van der Waals surface area contributed by atoms with Crippen molar-refractivity contribution < 1.29 is 14.3 Å². The van der Waals surface area contributed by atoms with Crippen LogP contribution >= 0.6 is 11.8 Å². The molecular formula is C20H23NO3S. The number of hydrogen-bond acceptors (Lipinski definition) is 4. The van der Waals surface area contributed by atoms with Crippen LogP contribution in [0.5, 0.6) is 0 Å². The summed E-state index contributed by atoms with van der Waals surface area (Å²) in [5.41, 5.74) is 2.44. The van der Waals surface area contributed by atoms with Crippen LogP contribution < -0.4 is 5.32 Å². The Morgan fingerprint density at radius 2 is 2.04 bits per heavy atom. The van der Waals surface area contributed by atoms with Crippen LogP contribution in [0.1, 0.15) is 28.8 Å². The molecule has 0 bridgehead atoms. The zero-order valence-corrected chi connectivity index (χ0v) is 15.2. The fourth-order valence-electron chi connectivity index (χ4n) is 2.85. The van der Waals surface area contributed by atoms with Gasteiger partial charge in [0.25, 0.3) is 5.91 Å². The molecule has 1 N–H and O–H groups in total. The van der Waals surface area contributed by atoms with Gasteiger partial charge in [0.05, 0.1) is 18.3 Å². The highest BCUT2D eigenvalue weighted by atomic mass is 32.2. The van der Waals surface area contributed by atoms with Crippen molar-refractivity contribution in [3.8, 4) is 0 Å². The number of amides is 1. The number of rotatable bonds is 7. The lowest BCUT2D eigenvalue weighted by Gasteiger charge is -2.14. The fourth-order valence-corrected chi connectivity index (χ4v) is 3.97. The van der Waals surface area contributed by atoms with E-state index in [4.69, 9.17) is 9.47 Å². The summed E-state index contributed by atoms with van der Waals surface area (Å²) in [6.07, 6.45) is 2.53. The quantitative estimate of drug-likeness (QED) is 0.748. The molecule has 0 aromatic heterocycles. The molecule has 1 aliphatic heterocycles. The van der Waals surface area contributed by atoms with Gasteiger partial charge < -0.3 is 14.8 Å². The lowest BCUT2D eigenvalue weighted by atomic mass is 10.1. The highest BCUT2D eigenvalue weighted by molar-refractivity contribution is 7.99. The molecule has 0 radical (unpaired) electrons. The molecular weight excluding hydrogens is 334 g/mol. The third-order valence-electron chi connectivity index (χ3n) is 4.15. The standard InChI is InChI=1S/C20H23NO3S/c1-23-13-15-7-2-4-10-18(15)21-20(22)17-9-3-5-11-19(17)25-14-16-8-6-12-24-16/h2-5,7,9-11,16H,6,8,12-14H2,1H3,(H,21,22)/t16-/m0/s1. The minimum atomic E-state index is -0.0982. The van der Waals surface area contributed by atoms with Gasteiger partial charge in [-0.1, -0.05) is 30.3 Å². The van der Waals surface area contributed by atoms with Crippen LogP contribution in [-0.2, 0) is 16.1 Å². The molecule has 1 fully saturated rings. The number of methoxy groups -OCH3 is 1. The number of para-hydroxylation sites is 1. The van der Waals surface area contributed by atoms with Crippen molar-refractivity contribution in [3.63, 3.8) is 0 Å². The molecule has 1 amide bonds. The van der Waals surface area contributed by atoms with Gasteiger partial charge in [0.1, 0.15) is 0 Å². The van der Waals surface area contributed by atoms with Crippen molar-refractivity contribution in [2.75, 3.05) is 24.8 Å². The van der Waals surface area contributed by atoms with Crippen LogP contribution in [0, 0.1) is 0 Å². The number of carbonyl (C=O) groups is 1. The SMILES string of the molecule is COCc1ccccc1NC(=O)c1ccccc1SC[C@@H]1CCCO1. The Labute approximate surface area is 152 Å². The maximum atomic E-state index is 12.8. The van der Waals surface area contributed by atoms with E-state index in [1.165, 1.54) is 0 Å². The molecule has 0 unspecified atom stereocenters. The number of hydrogen-bond donors (Lipinski definition) is 1. The Balaban J connectivity index is 1.71. The van der Waals surface area contributed by atoms with E-state index in [-0.39, 0.29) is 5.91 Å². The maximum Gasteiger partial charge on any atom is 0.256 e. The third-order valence-corrected chi connectivity index (χ3v) is 5.35. The summed E-state index contributed by atoms with van der Waals surface area (Å²) in [5.74, 6) is 0.781. The molecule has 4 nitrogen and oxygen atoms in total. The number of anilines is 1. The van der Waals surface area contributed by atoms with Gasteiger partial charge in [-0.15, -0.1) is 11.8 Å². The van der Waals surface area contributed by atoms with Crippen LogP contribution in [-0.4, -0.2) is 31.5 Å². The smallest absolute Gasteiger partial charge is 0.256 e. The topological polar surface area (TPSA) is 47.6 Å². The lowest BCUT2D eigenvalue weighted by Crippen LogP contribution is -2.15. The summed E-state index contributed by atoms with van der Waals surface area (Å²) in [4.78, 5) is 13.8. The zero-order chi connectivity index (χ0) is 17.5. The molecule has 0 aliphatic carbocycles. The molecule has 0 spiro atoms. The van der Waals surface area contributed by atoms with Gasteiger partial charge >= 0.3 is 0 Å². The van der Waals surface area contributed by atoms with Crippen molar-refractivity contribution in [2.45, 2.75) is 30.4 Å². The molecule has 0 saturated carbocycles. The van der Waals surface area contributed by atoms with E-state index in [1.807, 2.05) is 48.5 Å². The molecule has 3 rings (SSSR count). The Kier molecular flexibility index (Phi) is 6.50. The highest BCUT2D eigenvalue weighted by Crippen LogP contribution is 2.27. The number of thioether (sulfide) groups is 1. The molecule has 5 heteroatoms. The predicted octanol–water partition coefficient (Wildman–Crippen LogP) is 4.36. The summed E-state index contributed by atoms with van der Waals surface area (Å²) in [6.45, 7) is 1.31. The average Bonchev–Trinajstić information content (AvgIpc) is 3.15. The largest absolute Gasteiger partial charge is 0.380 e. The zero-order valence-electron chi connectivity index (χ0n) is 14.4. The molecule has 25 heavy (non-hydrogen) atoms. The first-order valence-corrected chi connectivity index (χ1v) is 9.48. The number of ether oxygens (including phenoxy) is 2. The maximum absolute atomic E-state index is 12.8. The van der Waals surface area contributed by atoms with Gasteiger partial charge in [-0.3, -0.25) is 4.79 Å². The summed E-state index contributed by atoms with van der Waals surface area (Å²) < 4.78 is 10.9. The second kappa shape index (κ2) is 9.04. The van der Waals surface area contributed by atoms with Crippen molar-refractivity contribution in [1.29, 1.82) is 0 Å². The summed E-state index contributed by atoms with van der Waals surface area (Å²) in [5, 5.41) is 3.02. The molecule has 1 saturated heterocycles. The number of nitrogens with one attached hydrogen (secondary N) is 1. The molecule has 1 atom stereocenters. The van der Waals surface area contributed by atoms with E-state index in [0.29, 0.717) is 18.3 Å². The van der Waals surface area contributed by atoms with E-state index in [0.717, 1.165) is 41.3 Å². The Bertz CT molecular complexity index is 714. The minimum absolute atomic E-state index is 0.0982. The Morgan fingerprint density at radius 1 is 1.24 bits per heavy atom. The minimum Gasteiger partial charge on any atom is -0.380 e. The Morgan fingerprint density at radius 3 is 2.84 bits per heavy atom. The van der Waals surface area contributed by atoms with Crippen LogP contribution in [0.15, 0.2) is 53.4 Å². The van der Waals surface area contributed by atoms with E-state index >= 15 is 0 Å². The first-order valence-electron chi connectivity index (χ1n) is 8.49. The normalized spacial score (nSPS) is 16.8. The summed E-state index contributed by atoms with van der Waals surface area (Å²) in [7, 11) is 1.65. The van der Waals surface area contributed by atoms with Gasteiger partial charge in [-0.05, 0) is 31.0 Å². The van der Waals surface area contributed by atoms with Crippen LogP contribution in [0.25, 0.3) is 0 Å². The lowest BCUT2D eigenvalue weighted by molar-refractivity contribution is 0.102. The third kappa shape index (κ3) is 4.84. The van der Waals surface area contributed by atoms with Crippen LogP contribution in [0.2, 0.25) is 0 Å². The van der Waals surface area contributed by atoms with Crippen molar-refractivity contribution in [1.82, 2.24) is 0 Å². The van der Waals surface area contributed by atoms with Gasteiger partial charge in [-0.2, -0.15) is 0 Å². The molecule has 1 aliphatic rings. The monoisotopic (exact) mass is 357 g/mol. The average molecular weight is 357 g/mol.